The Balaban J connectivity index is 1.72. The normalized spacial score (nSPS) is 18.5. The third-order valence-electron chi connectivity index (χ3n) is 6.52. The van der Waals surface area contributed by atoms with E-state index in [4.69, 9.17) is 4.74 Å². The number of hydrogen-bond acceptors (Lipinski definition) is 2. The van der Waals surface area contributed by atoms with E-state index >= 15 is 0 Å². The first kappa shape index (κ1) is 20.7. The van der Waals surface area contributed by atoms with Crippen LogP contribution in [0.2, 0.25) is 0 Å². The molecule has 1 aliphatic rings. The van der Waals surface area contributed by atoms with Crippen LogP contribution in [-0.4, -0.2) is 37.1 Å². The highest BCUT2D eigenvalue weighted by Crippen LogP contribution is 2.30. The molecule has 1 atom stereocenters. The number of methoxy groups -OCH3 is 1. The monoisotopic (exact) mass is 405 g/mol. The van der Waals surface area contributed by atoms with E-state index < -0.39 is 0 Å². The molecule has 1 saturated heterocycles. The number of rotatable bonds is 6. The molecule has 0 aliphatic carbocycles. The van der Waals surface area contributed by atoms with E-state index in [9.17, 15) is 4.79 Å². The van der Waals surface area contributed by atoms with Gasteiger partial charge in [0.25, 0.3) is 0 Å². The number of Topliss-reactive ketones (excluding diaryl/α,β-unsaturated/α-hetero) is 1. The second kappa shape index (κ2) is 8.27. The number of quaternary nitrogens is 1. The standard InChI is InChI=1S/C26H32N2O2/c1-19-25(24(29)17-27-14-8-13-26(2,3)18-27)22-15-21(30-4)11-12-23(22)28(19)16-20-9-6-5-7-10-20/h5-7,9-12,15H,8,13-14,16-18H2,1-4H3/p+1. The maximum absolute atomic E-state index is 13.5. The Labute approximate surface area is 179 Å². The minimum absolute atomic E-state index is 0.241. The van der Waals surface area contributed by atoms with Gasteiger partial charge in [-0.05, 0) is 43.5 Å². The molecular formula is C26H33N2O2+. The fourth-order valence-electron chi connectivity index (χ4n) is 5.05. The van der Waals surface area contributed by atoms with Crippen LogP contribution in [0.4, 0.5) is 0 Å². The summed E-state index contributed by atoms with van der Waals surface area (Å²) >= 11 is 0. The van der Waals surface area contributed by atoms with E-state index in [0.29, 0.717) is 12.0 Å². The molecule has 2 aromatic carbocycles. The molecule has 2 heterocycles. The van der Waals surface area contributed by atoms with Crippen molar-refractivity contribution in [2.75, 3.05) is 26.7 Å². The summed E-state index contributed by atoms with van der Waals surface area (Å²) in [6, 6.07) is 16.5. The molecule has 1 fully saturated rings. The smallest absolute Gasteiger partial charge is 0.219 e. The predicted molar refractivity (Wildman–Crippen MR) is 122 cm³/mol. The maximum atomic E-state index is 13.5. The Bertz CT molecular complexity index is 1050. The van der Waals surface area contributed by atoms with Crippen molar-refractivity contribution in [3.8, 4) is 5.75 Å². The Morgan fingerprint density at radius 3 is 2.63 bits per heavy atom. The van der Waals surface area contributed by atoms with Crippen molar-refractivity contribution in [1.82, 2.24) is 4.57 Å². The minimum Gasteiger partial charge on any atom is -0.497 e. The quantitative estimate of drug-likeness (QED) is 0.632. The number of likely N-dealkylation sites (tertiary alicyclic amines) is 1. The highest BCUT2D eigenvalue weighted by atomic mass is 16.5. The van der Waals surface area contributed by atoms with Crippen LogP contribution in [0, 0.1) is 12.3 Å². The first-order valence-electron chi connectivity index (χ1n) is 11.0. The van der Waals surface area contributed by atoms with E-state index in [1.165, 1.54) is 23.3 Å². The van der Waals surface area contributed by atoms with Crippen molar-refractivity contribution in [1.29, 1.82) is 0 Å². The fraction of sp³-hybridized carbons (Fsp3) is 0.423. The molecule has 1 aromatic heterocycles. The van der Waals surface area contributed by atoms with E-state index in [1.54, 1.807) is 7.11 Å². The number of benzene rings is 2. The lowest BCUT2D eigenvalue weighted by Gasteiger charge is -2.34. The molecule has 1 aliphatic heterocycles. The molecule has 4 rings (SSSR count). The average molecular weight is 406 g/mol. The Hall–Kier alpha value is -2.59. The largest absolute Gasteiger partial charge is 0.497 e. The van der Waals surface area contributed by atoms with Crippen LogP contribution < -0.4 is 9.64 Å². The highest BCUT2D eigenvalue weighted by Gasteiger charge is 2.32. The number of ketones is 1. The zero-order chi connectivity index (χ0) is 21.3. The number of carbonyl (C=O) groups excluding carboxylic acids is 1. The molecule has 158 valence electrons. The summed E-state index contributed by atoms with van der Waals surface area (Å²) in [6.07, 6.45) is 2.44. The first-order chi connectivity index (χ1) is 14.4. The summed E-state index contributed by atoms with van der Waals surface area (Å²) < 4.78 is 7.75. The van der Waals surface area contributed by atoms with E-state index in [0.717, 1.165) is 47.5 Å². The van der Waals surface area contributed by atoms with Gasteiger partial charge in [0.2, 0.25) is 5.78 Å². The van der Waals surface area contributed by atoms with Crippen molar-refractivity contribution in [2.45, 2.75) is 40.2 Å². The van der Waals surface area contributed by atoms with Crippen LogP contribution in [0.3, 0.4) is 0 Å². The van der Waals surface area contributed by atoms with Gasteiger partial charge in [0.1, 0.15) is 12.3 Å². The SMILES string of the molecule is COc1ccc2c(c1)c(C(=O)C[NH+]1CCCC(C)(C)C1)c(C)n2Cc1ccccc1. The summed E-state index contributed by atoms with van der Waals surface area (Å²) in [5.74, 6) is 1.03. The Morgan fingerprint density at radius 1 is 1.17 bits per heavy atom. The molecule has 4 nitrogen and oxygen atoms in total. The number of aromatic nitrogens is 1. The lowest BCUT2D eigenvalue weighted by molar-refractivity contribution is -0.903. The number of fused-ring (bicyclic) bond motifs is 1. The van der Waals surface area contributed by atoms with Crippen LogP contribution in [0.1, 0.15) is 48.3 Å². The molecule has 30 heavy (non-hydrogen) atoms. The average Bonchev–Trinajstić information content (AvgIpc) is 2.98. The third-order valence-corrected chi connectivity index (χ3v) is 6.52. The topological polar surface area (TPSA) is 35.7 Å². The zero-order valence-electron chi connectivity index (χ0n) is 18.6. The lowest BCUT2D eigenvalue weighted by Crippen LogP contribution is -3.15. The molecule has 0 bridgehead atoms. The summed E-state index contributed by atoms with van der Waals surface area (Å²) in [6.45, 7) is 10.2. The molecular weight excluding hydrogens is 372 g/mol. The van der Waals surface area contributed by atoms with Crippen molar-refractivity contribution >= 4 is 16.7 Å². The molecule has 0 amide bonds. The molecule has 1 N–H and O–H groups in total. The van der Waals surface area contributed by atoms with Crippen LogP contribution in [0.5, 0.6) is 5.75 Å². The second-order valence-electron chi connectivity index (χ2n) is 9.46. The van der Waals surface area contributed by atoms with Gasteiger partial charge in [-0.25, -0.2) is 0 Å². The Kier molecular flexibility index (Phi) is 5.70. The molecule has 0 saturated carbocycles. The van der Waals surface area contributed by atoms with Crippen LogP contribution in [0.25, 0.3) is 10.9 Å². The van der Waals surface area contributed by atoms with Crippen molar-refractivity contribution in [2.24, 2.45) is 5.41 Å². The van der Waals surface area contributed by atoms with Gasteiger partial charge < -0.3 is 14.2 Å². The van der Waals surface area contributed by atoms with Gasteiger partial charge in [-0.15, -0.1) is 0 Å². The predicted octanol–water partition coefficient (Wildman–Crippen LogP) is 3.89. The first-order valence-corrected chi connectivity index (χ1v) is 11.0. The van der Waals surface area contributed by atoms with Gasteiger partial charge in [0.15, 0.2) is 0 Å². The van der Waals surface area contributed by atoms with Crippen LogP contribution >= 0.6 is 0 Å². The summed E-state index contributed by atoms with van der Waals surface area (Å²) in [5.41, 5.74) is 4.54. The highest BCUT2D eigenvalue weighted by molar-refractivity contribution is 6.10. The van der Waals surface area contributed by atoms with Gasteiger partial charge in [0.05, 0.1) is 25.8 Å². The van der Waals surface area contributed by atoms with Crippen molar-refractivity contribution in [3.05, 3.63) is 65.4 Å². The molecule has 4 heteroatoms. The van der Waals surface area contributed by atoms with Gasteiger partial charge in [0, 0.05) is 28.6 Å². The summed E-state index contributed by atoms with van der Waals surface area (Å²) in [4.78, 5) is 15.0. The number of hydrogen-bond donors (Lipinski definition) is 1. The number of piperidine rings is 1. The molecule has 1 unspecified atom stereocenters. The van der Waals surface area contributed by atoms with E-state index in [-0.39, 0.29) is 5.78 Å². The van der Waals surface area contributed by atoms with Gasteiger partial charge in [-0.1, -0.05) is 44.2 Å². The Morgan fingerprint density at radius 2 is 1.93 bits per heavy atom. The minimum atomic E-state index is 0.241. The third kappa shape index (κ3) is 4.15. The van der Waals surface area contributed by atoms with Crippen molar-refractivity contribution < 1.29 is 14.4 Å². The van der Waals surface area contributed by atoms with Gasteiger partial charge in [-0.3, -0.25) is 4.79 Å². The van der Waals surface area contributed by atoms with E-state index in [2.05, 4.69) is 55.7 Å². The number of nitrogens with one attached hydrogen (secondary N) is 1. The van der Waals surface area contributed by atoms with Crippen LogP contribution in [0.15, 0.2) is 48.5 Å². The second-order valence-corrected chi connectivity index (χ2v) is 9.46. The van der Waals surface area contributed by atoms with Gasteiger partial charge in [-0.2, -0.15) is 0 Å². The lowest BCUT2D eigenvalue weighted by atomic mass is 9.84. The summed E-state index contributed by atoms with van der Waals surface area (Å²) in [5, 5.41) is 1.00. The maximum Gasteiger partial charge on any atom is 0.219 e. The molecule has 0 spiro atoms. The molecule has 0 radical (unpaired) electrons. The van der Waals surface area contributed by atoms with Crippen molar-refractivity contribution in [3.63, 3.8) is 0 Å². The summed E-state index contributed by atoms with van der Waals surface area (Å²) in [7, 11) is 1.68. The van der Waals surface area contributed by atoms with Crippen LogP contribution in [-0.2, 0) is 6.54 Å². The number of nitrogens with zero attached hydrogens (tertiary/aromatic N) is 1. The molecule has 3 aromatic rings. The fourth-order valence-corrected chi connectivity index (χ4v) is 5.05. The zero-order valence-corrected chi connectivity index (χ0v) is 18.6. The number of carbonyl (C=O) groups is 1. The number of ether oxygens (including phenoxy) is 1. The van der Waals surface area contributed by atoms with E-state index in [1.807, 2.05) is 18.2 Å². The van der Waals surface area contributed by atoms with Gasteiger partial charge >= 0.3 is 0 Å².